The highest BCUT2D eigenvalue weighted by Crippen LogP contribution is 2.16. The van der Waals surface area contributed by atoms with Gasteiger partial charge in [-0.25, -0.2) is 9.67 Å². The first kappa shape index (κ1) is 14.6. The van der Waals surface area contributed by atoms with E-state index in [0.29, 0.717) is 6.54 Å². The van der Waals surface area contributed by atoms with Crippen LogP contribution in [0.4, 0.5) is 0 Å². The van der Waals surface area contributed by atoms with E-state index in [1.54, 1.807) is 0 Å². The third kappa shape index (κ3) is 4.10. The quantitative estimate of drug-likeness (QED) is 0.830. The Labute approximate surface area is 108 Å². The molecule has 0 fully saturated rings. The minimum atomic E-state index is -0.827. The number of hydrogen-bond donors (Lipinski definition) is 1. The summed E-state index contributed by atoms with van der Waals surface area (Å²) in [6.45, 7) is 9.37. The van der Waals surface area contributed by atoms with Gasteiger partial charge in [0.2, 0.25) is 0 Å². The fourth-order valence-corrected chi connectivity index (χ4v) is 1.67. The van der Waals surface area contributed by atoms with Crippen molar-refractivity contribution in [2.75, 3.05) is 6.54 Å². The molecule has 0 unspecified atom stereocenters. The number of aromatic nitrogens is 3. The summed E-state index contributed by atoms with van der Waals surface area (Å²) in [6, 6.07) is 0. The Morgan fingerprint density at radius 3 is 2.67 bits per heavy atom. The third-order valence-corrected chi connectivity index (χ3v) is 2.74. The number of nitrogens with zero attached hydrogens (tertiary/aromatic N) is 4. The van der Waals surface area contributed by atoms with Crippen LogP contribution in [0.3, 0.4) is 0 Å². The molecule has 0 spiro atoms. The lowest BCUT2D eigenvalue weighted by Gasteiger charge is -2.33. The van der Waals surface area contributed by atoms with Gasteiger partial charge in [-0.3, -0.25) is 9.69 Å². The van der Waals surface area contributed by atoms with Gasteiger partial charge in [0.05, 0.1) is 13.1 Å². The Morgan fingerprint density at radius 2 is 2.17 bits per heavy atom. The van der Waals surface area contributed by atoms with Crippen LogP contribution in [0.5, 0.6) is 0 Å². The lowest BCUT2D eigenvalue weighted by Crippen LogP contribution is -2.44. The van der Waals surface area contributed by atoms with E-state index in [4.69, 9.17) is 5.11 Å². The Bertz CT molecular complexity index is 395. The second-order valence-electron chi connectivity index (χ2n) is 5.32. The molecule has 0 atom stereocenters. The maximum atomic E-state index is 10.9. The predicted octanol–water partition coefficient (Wildman–Crippen LogP) is 1.37. The molecule has 6 heteroatoms. The van der Waals surface area contributed by atoms with E-state index in [1.807, 2.05) is 30.4 Å². The number of carboxylic acids is 1. The molecule has 0 saturated carbocycles. The second kappa shape index (κ2) is 5.95. The summed E-state index contributed by atoms with van der Waals surface area (Å²) in [5.74, 6) is -0.0143. The van der Waals surface area contributed by atoms with Crippen molar-refractivity contribution in [3.63, 3.8) is 0 Å². The first-order valence-electron chi connectivity index (χ1n) is 6.18. The molecular weight excluding hydrogens is 232 g/mol. The molecular formula is C12H22N4O2. The molecule has 18 heavy (non-hydrogen) atoms. The fraction of sp³-hybridized carbons (Fsp3) is 0.750. The molecule has 6 nitrogen and oxygen atoms in total. The van der Waals surface area contributed by atoms with Gasteiger partial charge >= 0.3 is 5.97 Å². The molecule has 0 aliphatic rings. The molecule has 1 aromatic heterocycles. The summed E-state index contributed by atoms with van der Waals surface area (Å²) in [5, 5.41) is 13.1. The molecule has 1 N–H and O–H groups in total. The van der Waals surface area contributed by atoms with E-state index in [2.05, 4.69) is 17.0 Å². The minimum absolute atomic E-state index is 0.00247. The SMILES string of the molecule is CCCn1ncnc1CN(CC(=O)O)C(C)(C)C. The highest BCUT2D eigenvalue weighted by molar-refractivity contribution is 5.69. The molecule has 1 aromatic rings. The van der Waals surface area contributed by atoms with Crippen LogP contribution >= 0.6 is 0 Å². The summed E-state index contributed by atoms with van der Waals surface area (Å²) in [4.78, 5) is 17.0. The van der Waals surface area contributed by atoms with E-state index in [1.165, 1.54) is 6.33 Å². The standard InChI is InChI=1S/C12H22N4O2/c1-5-6-16-10(13-9-14-16)7-15(8-11(17)18)12(2,3)4/h9H,5-8H2,1-4H3,(H,17,18). The van der Waals surface area contributed by atoms with Crippen molar-refractivity contribution in [3.8, 4) is 0 Å². The van der Waals surface area contributed by atoms with E-state index in [0.717, 1.165) is 18.8 Å². The van der Waals surface area contributed by atoms with E-state index in [-0.39, 0.29) is 12.1 Å². The van der Waals surface area contributed by atoms with Crippen molar-refractivity contribution >= 4 is 5.97 Å². The third-order valence-electron chi connectivity index (χ3n) is 2.74. The first-order chi connectivity index (χ1) is 8.34. The minimum Gasteiger partial charge on any atom is -0.480 e. The van der Waals surface area contributed by atoms with Crippen molar-refractivity contribution in [1.29, 1.82) is 0 Å². The van der Waals surface area contributed by atoms with Gasteiger partial charge < -0.3 is 5.11 Å². The number of rotatable bonds is 6. The van der Waals surface area contributed by atoms with Crippen molar-refractivity contribution in [2.45, 2.75) is 52.7 Å². The number of carboxylic acid groups (broad SMARTS) is 1. The monoisotopic (exact) mass is 254 g/mol. The molecule has 0 aliphatic heterocycles. The summed E-state index contributed by atoms with van der Waals surface area (Å²) in [7, 11) is 0. The number of aryl methyl sites for hydroxylation is 1. The largest absolute Gasteiger partial charge is 0.480 e. The smallest absolute Gasteiger partial charge is 0.317 e. The number of carbonyl (C=O) groups is 1. The summed E-state index contributed by atoms with van der Waals surface area (Å²) < 4.78 is 1.83. The molecule has 0 amide bonds. The fourth-order valence-electron chi connectivity index (χ4n) is 1.67. The van der Waals surface area contributed by atoms with Gasteiger partial charge in [-0.1, -0.05) is 6.92 Å². The van der Waals surface area contributed by atoms with Crippen LogP contribution < -0.4 is 0 Å². The zero-order chi connectivity index (χ0) is 13.8. The van der Waals surface area contributed by atoms with Gasteiger partial charge in [-0.15, -0.1) is 0 Å². The van der Waals surface area contributed by atoms with E-state index < -0.39 is 5.97 Å². The molecule has 0 saturated heterocycles. The maximum Gasteiger partial charge on any atom is 0.317 e. The topological polar surface area (TPSA) is 71.2 Å². The van der Waals surface area contributed by atoms with Crippen molar-refractivity contribution in [1.82, 2.24) is 19.7 Å². The van der Waals surface area contributed by atoms with Crippen LogP contribution in [-0.2, 0) is 17.9 Å². The van der Waals surface area contributed by atoms with Crippen LogP contribution in [0.25, 0.3) is 0 Å². The van der Waals surface area contributed by atoms with Gasteiger partial charge in [-0.05, 0) is 27.2 Å². The first-order valence-corrected chi connectivity index (χ1v) is 6.18. The van der Waals surface area contributed by atoms with Crippen LogP contribution in [-0.4, -0.2) is 42.8 Å². The molecule has 0 aromatic carbocycles. The Kier molecular flexibility index (Phi) is 4.84. The second-order valence-corrected chi connectivity index (χ2v) is 5.32. The normalized spacial score (nSPS) is 12.1. The highest BCUT2D eigenvalue weighted by atomic mass is 16.4. The maximum absolute atomic E-state index is 10.9. The van der Waals surface area contributed by atoms with E-state index >= 15 is 0 Å². The summed E-state index contributed by atoms with van der Waals surface area (Å²) in [6.07, 6.45) is 2.50. The molecule has 0 bridgehead atoms. The van der Waals surface area contributed by atoms with Crippen LogP contribution in [0.2, 0.25) is 0 Å². The molecule has 0 radical (unpaired) electrons. The number of hydrogen-bond acceptors (Lipinski definition) is 4. The average Bonchev–Trinajstić information content (AvgIpc) is 2.63. The Hall–Kier alpha value is -1.43. The summed E-state index contributed by atoms with van der Waals surface area (Å²) >= 11 is 0. The van der Waals surface area contributed by atoms with Gasteiger partial charge in [0.15, 0.2) is 0 Å². The van der Waals surface area contributed by atoms with Crippen molar-refractivity contribution in [2.24, 2.45) is 0 Å². The van der Waals surface area contributed by atoms with Crippen molar-refractivity contribution < 1.29 is 9.90 Å². The molecule has 102 valence electrons. The summed E-state index contributed by atoms with van der Waals surface area (Å²) in [5.41, 5.74) is -0.221. The average molecular weight is 254 g/mol. The zero-order valence-corrected chi connectivity index (χ0v) is 11.6. The lowest BCUT2D eigenvalue weighted by atomic mass is 10.1. The number of aliphatic carboxylic acids is 1. The lowest BCUT2D eigenvalue weighted by molar-refractivity contribution is -0.140. The van der Waals surface area contributed by atoms with Gasteiger partial charge in [-0.2, -0.15) is 5.10 Å². The molecule has 1 heterocycles. The van der Waals surface area contributed by atoms with Crippen LogP contribution in [0, 0.1) is 0 Å². The molecule has 0 aliphatic carbocycles. The van der Waals surface area contributed by atoms with Gasteiger partial charge in [0.1, 0.15) is 12.2 Å². The van der Waals surface area contributed by atoms with Gasteiger partial charge in [0, 0.05) is 12.1 Å². The van der Waals surface area contributed by atoms with E-state index in [9.17, 15) is 4.79 Å². The molecule has 1 rings (SSSR count). The predicted molar refractivity (Wildman–Crippen MR) is 68.1 cm³/mol. The van der Waals surface area contributed by atoms with Gasteiger partial charge in [0.25, 0.3) is 0 Å². The highest BCUT2D eigenvalue weighted by Gasteiger charge is 2.25. The van der Waals surface area contributed by atoms with Crippen molar-refractivity contribution in [3.05, 3.63) is 12.2 Å². The Balaban J connectivity index is 2.82. The van der Waals surface area contributed by atoms with Crippen LogP contribution in [0.1, 0.15) is 39.9 Å². The van der Waals surface area contributed by atoms with Crippen LogP contribution in [0.15, 0.2) is 6.33 Å². The Morgan fingerprint density at radius 1 is 1.50 bits per heavy atom. The zero-order valence-electron chi connectivity index (χ0n) is 11.6.